The van der Waals surface area contributed by atoms with E-state index in [0.29, 0.717) is 23.4 Å². The Morgan fingerprint density at radius 1 is 1.35 bits per heavy atom. The molecule has 1 atom stereocenters. The summed E-state index contributed by atoms with van der Waals surface area (Å²) in [5.41, 5.74) is 7.12. The van der Waals surface area contributed by atoms with Gasteiger partial charge in [0, 0.05) is 18.6 Å². The Balaban J connectivity index is 1.87. The van der Waals surface area contributed by atoms with E-state index in [1.165, 1.54) is 25.7 Å². The lowest BCUT2D eigenvalue weighted by Crippen LogP contribution is -2.37. The largest absolute Gasteiger partial charge is 0.454 e. The fraction of sp³-hybridized carbons (Fsp3) is 0.600. The molecular weight excluding hydrogens is 276 g/mol. The Hall–Kier alpha value is -0.970. The molecule has 4 nitrogen and oxygen atoms in total. The van der Waals surface area contributed by atoms with Gasteiger partial charge in [-0.05, 0) is 37.6 Å². The van der Waals surface area contributed by atoms with Gasteiger partial charge in [-0.2, -0.15) is 0 Å². The molecular formula is C15H21ClN2O2. The molecule has 1 aliphatic heterocycles. The van der Waals surface area contributed by atoms with E-state index in [2.05, 4.69) is 11.9 Å². The molecule has 0 bridgehead atoms. The fourth-order valence-corrected chi connectivity index (χ4v) is 3.56. The van der Waals surface area contributed by atoms with Crippen LogP contribution in [0.4, 0.5) is 0 Å². The first-order valence-corrected chi connectivity index (χ1v) is 7.59. The fourth-order valence-electron chi connectivity index (χ4n) is 3.28. The van der Waals surface area contributed by atoms with Gasteiger partial charge in [-0.3, -0.25) is 4.90 Å². The predicted octanol–water partition coefficient (Wildman–Crippen LogP) is 2.94. The SMILES string of the molecule is CN(C1CCCC1)C(CN)c1cc(Cl)c2c(c1)OCO2. The van der Waals surface area contributed by atoms with Gasteiger partial charge in [0.1, 0.15) is 0 Å². The topological polar surface area (TPSA) is 47.7 Å². The molecule has 0 aromatic heterocycles. The lowest BCUT2D eigenvalue weighted by Gasteiger charge is -2.32. The Kier molecular flexibility index (Phi) is 4.06. The quantitative estimate of drug-likeness (QED) is 0.928. The van der Waals surface area contributed by atoms with Crippen molar-refractivity contribution >= 4 is 11.6 Å². The van der Waals surface area contributed by atoms with Crippen molar-refractivity contribution in [3.8, 4) is 11.5 Å². The molecule has 0 spiro atoms. The van der Waals surface area contributed by atoms with E-state index >= 15 is 0 Å². The van der Waals surface area contributed by atoms with Gasteiger partial charge < -0.3 is 15.2 Å². The van der Waals surface area contributed by atoms with E-state index in [0.717, 1.165) is 11.3 Å². The number of fused-ring (bicyclic) bond motifs is 1. The van der Waals surface area contributed by atoms with Gasteiger partial charge in [0.2, 0.25) is 6.79 Å². The third kappa shape index (κ3) is 2.48. The molecule has 0 amide bonds. The molecule has 2 aliphatic rings. The van der Waals surface area contributed by atoms with Gasteiger partial charge in [0.15, 0.2) is 11.5 Å². The molecule has 1 aromatic carbocycles. The minimum absolute atomic E-state index is 0.171. The Bertz CT molecular complexity index is 489. The zero-order valence-electron chi connectivity index (χ0n) is 11.8. The summed E-state index contributed by atoms with van der Waals surface area (Å²) in [6.45, 7) is 0.813. The van der Waals surface area contributed by atoms with Crippen molar-refractivity contribution in [3.63, 3.8) is 0 Å². The molecule has 0 radical (unpaired) electrons. The van der Waals surface area contributed by atoms with Crippen LogP contribution in [0.25, 0.3) is 0 Å². The maximum absolute atomic E-state index is 6.28. The zero-order valence-corrected chi connectivity index (χ0v) is 12.5. The van der Waals surface area contributed by atoms with E-state index in [-0.39, 0.29) is 12.8 Å². The first kappa shape index (κ1) is 14.0. The molecule has 110 valence electrons. The summed E-state index contributed by atoms with van der Waals surface area (Å²) in [6.07, 6.45) is 5.14. The van der Waals surface area contributed by atoms with Gasteiger partial charge in [-0.25, -0.2) is 0 Å². The van der Waals surface area contributed by atoms with E-state index in [1.54, 1.807) is 0 Å². The molecule has 1 saturated carbocycles. The van der Waals surface area contributed by atoms with Crippen molar-refractivity contribution < 1.29 is 9.47 Å². The monoisotopic (exact) mass is 296 g/mol. The van der Waals surface area contributed by atoms with Crippen molar-refractivity contribution in [1.29, 1.82) is 0 Å². The number of nitrogens with zero attached hydrogens (tertiary/aromatic N) is 1. The summed E-state index contributed by atoms with van der Waals surface area (Å²) in [7, 11) is 2.16. The Morgan fingerprint density at radius 3 is 2.80 bits per heavy atom. The van der Waals surface area contributed by atoms with E-state index < -0.39 is 0 Å². The summed E-state index contributed by atoms with van der Waals surface area (Å²) in [5.74, 6) is 1.38. The highest BCUT2D eigenvalue weighted by Gasteiger charge is 2.28. The van der Waals surface area contributed by atoms with Crippen LogP contribution < -0.4 is 15.2 Å². The summed E-state index contributed by atoms with van der Waals surface area (Å²) >= 11 is 6.28. The van der Waals surface area contributed by atoms with E-state index in [1.807, 2.05) is 12.1 Å². The van der Waals surface area contributed by atoms with Crippen molar-refractivity contribution in [3.05, 3.63) is 22.7 Å². The summed E-state index contributed by atoms with van der Waals surface area (Å²) in [4.78, 5) is 2.39. The second kappa shape index (κ2) is 5.80. The standard InChI is InChI=1S/C15H21ClN2O2/c1-18(11-4-2-3-5-11)13(8-17)10-6-12(16)15-14(7-10)19-9-20-15/h6-7,11,13H,2-5,8-9,17H2,1H3. The lowest BCUT2D eigenvalue weighted by atomic mass is 10.0. The molecule has 20 heavy (non-hydrogen) atoms. The van der Waals surface area contributed by atoms with Crippen LogP contribution in [-0.2, 0) is 0 Å². The second-order valence-corrected chi connectivity index (χ2v) is 6.00. The number of halogens is 1. The highest BCUT2D eigenvalue weighted by atomic mass is 35.5. The molecule has 1 heterocycles. The van der Waals surface area contributed by atoms with Crippen LogP contribution in [0.15, 0.2) is 12.1 Å². The smallest absolute Gasteiger partial charge is 0.231 e. The Labute approximate surface area is 124 Å². The molecule has 1 aliphatic carbocycles. The number of hydrogen-bond acceptors (Lipinski definition) is 4. The lowest BCUT2D eigenvalue weighted by molar-refractivity contribution is 0.172. The summed E-state index contributed by atoms with van der Waals surface area (Å²) in [6, 6.07) is 4.76. The van der Waals surface area contributed by atoms with Crippen LogP contribution >= 0.6 is 11.6 Å². The van der Waals surface area contributed by atoms with Crippen molar-refractivity contribution in [2.45, 2.75) is 37.8 Å². The molecule has 2 N–H and O–H groups in total. The van der Waals surface area contributed by atoms with Gasteiger partial charge in [-0.15, -0.1) is 0 Å². The van der Waals surface area contributed by atoms with Crippen molar-refractivity contribution in [1.82, 2.24) is 4.90 Å². The third-order valence-electron chi connectivity index (χ3n) is 4.45. The molecule has 3 rings (SSSR count). The molecule has 0 saturated heterocycles. The molecule has 1 unspecified atom stereocenters. The van der Waals surface area contributed by atoms with Gasteiger partial charge >= 0.3 is 0 Å². The van der Waals surface area contributed by atoms with Crippen LogP contribution in [0, 0.1) is 0 Å². The van der Waals surface area contributed by atoms with Gasteiger partial charge in [-0.1, -0.05) is 24.4 Å². The van der Waals surface area contributed by atoms with Crippen LogP contribution in [0.1, 0.15) is 37.3 Å². The van der Waals surface area contributed by atoms with Gasteiger partial charge in [0.05, 0.1) is 5.02 Å². The summed E-state index contributed by atoms with van der Waals surface area (Å²) in [5, 5.41) is 0.605. The number of nitrogens with two attached hydrogens (primary N) is 1. The first-order valence-electron chi connectivity index (χ1n) is 7.21. The normalized spacial score (nSPS) is 19.8. The number of benzene rings is 1. The second-order valence-electron chi connectivity index (χ2n) is 5.59. The third-order valence-corrected chi connectivity index (χ3v) is 4.73. The number of ether oxygens (including phenoxy) is 2. The maximum atomic E-state index is 6.28. The predicted molar refractivity (Wildman–Crippen MR) is 79.4 cm³/mol. The minimum Gasteiger partial charge on any atom is -0.454 e. The molecule has 1 fully saturated rings. The van der Waals surface area contributed by atoms with E-state index in [9.17, 15) is 0 Å². The van der Waals surface area contributed by atoms with Crippen LogP contribution in [0.3, 0.4) is 0 Å². The van der Waals surface area contributed by atoms with Gasteiger partial charge in [0.25, 0.3) is 0 Å². The number of rotatable bonds is 4. The zero-order chi connectivity index (χ0) is 14.1. The maximum Gasteiger partial charge on any atom is 0.231 e. The molecule has 5 heteroatoms. The summed E-state index contributed by atoms with van der Waals surface area (Å²) < 4.78 is 10.8. The molecule has 1 aromatic rings. The Morgan fingerprint density at radius 2 is 2.10 bits per heavy atom. The van der Waals surface area contributed by atoms with Crippen LogP contribution in [0.2, 0.25) is 5.02 Å². The van der Waals surface area contributed by atoms with E-state index in [4.69, 9.17) is 26.8 Å². The first-order chi connectivity index (χ1) is 9.70. The van der Waals surface area contributed by atoms with Crippen molar-refractivity contribution in [2.75, 3.05) is 20.4 Å². The highest BCUT2D eigenvalue weighted by molar-refractivity contribution is 6.32. The van der Waals surface area contributed by atoms with Crippen LogP contribution in [0.5, 0.6) is 11.5 Å². The average Bonchev–Trinajstić information content (AvgIpc) is 3.10. The number of hydrogen-bond donors (Lipinski definition) is 1. The van der Waals surface area contributed by atoms with Crippen LogP contribution in [-0.4, -0.2) is 31.3 Å². The minimum atomic E-state index is 0.171. The average molecular weight is 297 g/mol. The highest BCUT2D eigenvalue weighted by Crippen LogP contribution is 2.42. The van der Waals surface area contributed by atoms with Crippen molar-refractivity contribution in [2.24, 2.45) is 5.73 Å². The number of likely N-dealkylation sites (N-methyl/N-ethyl adjacent to an activating group) is 1.